The van der Waals surface area contributed by atoms with Gasteiger partial charge in [-0.05, 0) is 51.8 Å². The molecule has 1 fully saturated rings. The molecule has 26 heavy (non-hydrogen) atoms. The summed E-state index contributed by atoms with van der Waals surface area (Å²) in [6.45, 7) is 6.98. The van der Waals surface area contributed by atoms with Gasteiger partial charge in [-0.2, -0.15) is 0 Å². The van der Waals surface area contributed by atoms with Crippen LogP contribution in [0.4, 0.5) is 0 Å². The highest BCUT2D eigenvalue weighted by atomic mass is 16.5. The third-order valence-electron chi connectivity index (χ3n) is 4.86. The maximum Gasteiger partial charge on any atom is 0.339 e. The van der Waals surface area contributed by atoms with E-state index < -0.39 is 12.1 Å². The van der Waals surface area contributed by atoms with E-state index in [4.69, 9.17) is 4.74 Å². The fourth-order valence-electron chi connectivity index (χ4n) is 3.46. The minimum atomic E-state index is -0.783. The lowest BCUT2D eigenvalue weighted by Gasteiger charge is -2.24. The van der Waals surface area contributed by atoms with Crippen LogP contribution in [0.2, 0.25) is 0 Å². The average Bonchev–Trinajstić information content (AvgIpc) is 2.90. The van der Waals surface area contributed by atoms with Crippen LogP contribution in [0, 0.1) is 13.8 Å². The molecule has 0 N–H and O–H groups in total. The third-order valence-corrected chi connectivity index (χ3v) is 4.86. The number of aromatic nitrogens is 1. The van der Waals surface area contributed by atoms with E-state index in [0.717, 1.165) is 60.9 Å². The highest BCUT2D eigenvalue weighted by Crippen LogP contribution is 2.22. The summed E-state index contributed by atoms with van der Waals surface area (Å²) >= 11 is 0. The van der Waals surface area contributed by atoms with Crippen molar-refractivity contribution in [2.45, 2.75) is 52.6 Å². The fraction of sp³-hybridized carbons (Fsp3) is 0.476. The number of hydrogen-bond acceptors (Lipinski definition) is 4. The van der Waals surface area contributed by atoms with Gasteiger partial charge in [0, 0.05) is 24.2 Å². The smallest absolute Gasteiger partial charge is 0.339 e. The molecule has 2 heterocycles. The van der Waals surface area contributed by atoms with Gasteiger partial charge in [0.2, 0.25) is 0 Å². The van der Waals surface area contributed by atoms with E-state index in [1.807, 2.05) is 36.9 Å². The normalized spacial score (nSPS) is 16.2. The van der Waals surface area contributed by atoms with Gasteiger partial charge in [-0.15, -0.1) is 0 Å². The van der Waals surface area contributed by atoms with Crippen LogP contribution in [0.1, 0.15) is 54.2 Å². The highest BCUT2D eigenvalue weighted by molar-refractivity contribution is 6.04. The Hall–Kier alpha value is -2.43. The van der Waals surface area contributed by atoms with E-state index in [2.05, 4.69) is 4.98 Å². The summed E-state index contributed by atoms with van der Waals surface area (Å²) in [5.74, 6) is -0.576. The number of amides is 1. The highest BCUT2D eigenvalue weighted by Gasteiger charge is 2.25. The molecule has 0 spiro atoms. The zero-order valence-electron chi connectivity index (χ0n) is 15.7. The molecule has 1 unspecified atom stereocenters. The lowest BCUT2D eigenvalue weighted by molar-refractivity contribution is -0.139. The first-order valence-corrected chi connectivity index (χ1v) is 9.33. The molecule has 1 saturated heterocycles. The zero-order chi connectivity index (χ0) is 18.7. The number of nitrogens with zero attached hydrogens (tertiary/aromatic N) is 2. The monoisotopic (exact) mass is 354 g/mol. The van der Waals surface area contributed by atoms with Crippen molar-refractivity contribution in [3.05, 3.63) is 41.1 Å². The first-order chi connectivity index (χ1) is 12.5. The molecule has 1 atom stereocenters. The fourth-order valence-corrected chi connectivity index (χ4v) is 3.46. The van der Waals surface area contributed by atoms with Crippen LogP contribution in [-0.4, -0.2) is 41.0 Å². The Balaban J connectivity index is 1.80. The Bertz CT molecular complexity index is 823. The lowest BCUT2D eigenvalue weighted by atomic mass is 10.1. The predicted octanol–water partition coefficient (Wildman–Crippen LogP) is 3.80. The summed E-state index contributed by atoms with van der Waals surface area (Å²) in [7, 11) is 0. The van der Waals surface area contributed by atoms with Gasteiger partial charge in [0.15, 0.2) is 6.10 Å². The van der Waals surface area contributed by atoms with Gasteiger partial charge < -0.3 is 9.64 Å². The van der Waals surface area contributed by atoms with Gasteiger partial charge in [-0.25, -0.2) is 4.79 Å². The van der Waals surface area contributed by atoms with Crippen molar-refractivity contribution in [2.24, 2.45) is 0 Å². The van der Waals surface area contributed by atoms with Crippen molar-refractivity contribution in [1.82, 2.24) is 9.88 Å². The number of carbonyl (C=O) groups excluding carboxylic acids is 2. The number of rotatable bonds is 3. The number of hydrogen-bond donors (Lipinski definition) is 0. The van der Waals surface area contributed by atoms with Gasteiger partial charge >= 0.3 is 5.97 Å². The van der Waals surface area contributed by atoms with E-state index >= 15 is 0 Å². The largest absolute Gasteiger partial charge is 0.449 e. The van der Waals surface area contributed by atoms with Crippen LogP contribution >= 0.6 is 0 Å². The molecular formula is C21H26N2O3. The maximum atomic E-state index is 12.8. The first kappa shape index (κ1) is 18.4. The molecule has 1 aromatic heterocycles. The molecule has 0 bridgehead atoms. The second-order valence-corrected chi connectivity index (χ2v) is 7.12. The minimum absolute atomic E-state index is 0.105. The molecule has 1 amide bonds. The van der Waals surface area contributed by atoms with E-state index in [-0.39, 0.29) is 5.91 Å². The van der Waals surface area contributed by atoms with Gasteiger partial charge in [0.05, 0.1) is 11.1 Å². The Morgan fingerprint density at radius 1 is 1.08 bits per heavy atom. The van der Waals surface area contributed by atoms with Crippen LogP contribution in [0.25, 0.3) is 10.9 Å². The summed E-state index contributed by atoms with van der Waals surface area (Å²) < 4.78 is 5.54. The summed E-state index contributed by atoms with van der Waals surface area (Å²) in [6, 6.07) is 7.53. The molecule has 0 saturated carbocycles. The standard InChI is InChI=1S/C21H26N2O3/c1-14-8-9-19-17(12-14)18(13-15(2)22-19)21(25)26-16(3)20(24)23-10-6-4-5-7-11-23/h8-9,12-13,16H,4-7,10-11H2,1-3H3. The maximum absolute atomic E-state index is 12.8. The molecule has 1 aliphatic rings. The van der Waals surface area contributed by atoms with Crippen LogP contribution in [-0.2, 0) is 9.53 Å². The number of benzene rings is 1. The first-order valence-electron chi connectivity index (χ1n) is 9.33. The van der Waals surface area contributed by atoms with Gasteiger partial charge in [0.25, 0.3) is 5.91 Å². The second kappa shape index (κ2) is 7.85. The third kappa shape index (κ3) is 4.03. The molecule has 1 aromatic carbocycles. The van der Waals surface area contributed by atoms with Crippen molar-refractivity contribution < 1.29 is 14.3 Å². The molecule has 5 heteroatoms. The van der Waals surface area contributed by atoms with E-state index in [9.17, 15) is 9.59 Å². The van der Waals surface area contributed by atoms with Gasteiger partial charge in [0.1, 0.15) is 0 Å². The quantitative estimate of drug-likeness (QED) is 0.787. The van der Waals surface area contributed by atoms with Gasteiger partial charge in [-0.1, -0.05) is 24.5 Å². The number of fused-ring (bicyclic) bond motifs is 1. The Labute approximate surface area is 154 Å². The van der Waals surface area contributed by atoms with Crippen LogP contribution in [0.5, 0.6) is 0 Å². The predicted molar refractivity (Wildman–Crippen MR) is 101 cm³/mol. The van der Waals surface area contributed by atoms with E-state index in [1.54, 1.807) is 13.0 Å². The molecule has 138 valence electrons. The Morgan fingerprint density at radius 2 is 1.77 bits per heavy atom. The molecule has 2 aromatic rings. The molecular weight excluding hydrogens is 328 g/mol. The van der Waals surface area contributed by atoms with Crippen molar-refractivity contribution >= 4 is 22.8 Å². The summed E-state index contributed by atoms with van der Waals surface area (Å²) in [6.07, 6.45) is 3.55. The number of aryl methyl sites for hydroxylation is 2. The van der Waals surface area contributed by atoms with E-state index in [1.165, 1.54) is 0 Å². The molecule has 3 rings (SSSR count). The minimum Gasteiger partial charge on any atom is -0.449 e. The Morgan fingerprint density at radius 3 is 2.46 bits per heavy atom. The summed E-state index contributed by atoms with van der Waals surface area (Å²) in [4.78, 5) is 31.7. The SMILES string of the molecule is Cc1ccc2nc(C)cc(C(=O)OC(C)C(=O)N3CCCCCC3)c2c1. The van der Waals surface area contributed by atoms with Crippen LogP contribution in [0.3, 0.4) is 0 Å². The zero-order valence-corrected chi connectivity index (χ0v) is 15.7. The Kier molecular flexibility index (Phi) is 5.55. The second-order valence-electron chi connectivity index (χ2n) is 7.12. The summed E-state index contributed by atoms with van der Waals surface area (Å²) in [5, 5.41) is 0.759. The van der Waals surface area contributed by atoms with Crippen molar-refractivity contribution in [1.29, 1.82) is 0 Å². The van der Waals surface area contributed by atoms with Crippen molar-refractivity contribution in [2.75, 3.05) is 13.1 Å². The van der Waals surface area contributed by atoms with Crippen molar-refractivity contribution in [3.8, 4) is 0 Å². The number of carbonyl (C=O) groups is 2. The topological polar surface area (TPSA) is 59.5 Å². The van der Waals surface area contributed by atoms with E-state index in [0.29, 0.717) is 5.56 Å². The average molecular weight is 354 g/mol. The number of ether oxygens (including phenoxy) is 1. The molecule has 5 nitrogen and oxygen atoms in total. The number of pyridine rings is 1. The van der Waals surface area contributed by atoms with Crippen LogP contribution < -0.4 is 0 Å². The number of esters is 1. The van der Waals surface area contributed by atoms with Crippen LogP contribution in [0.15, 0.2) is 24.3 Å². The van der Waals surface area contributed by atoms with Crippen molar-refractivity contribution in [3.63, 3.8) is 0 Å². The number of likely N-dealkylation sites (tertiary alicyclic amines) is 1. The molecule has 0 aliphatic carbocycles. The summed E-state index contributed by atoms with van der Waals surface area (Å²) in [5.41, 5.74) is 3.02. The van der Waals surface area contributed by atoms with Gasteiger partial charge in [-0.3, -0.25) is 9.78 Å². The lowest BCUT2D eigenvalue weighted by Crippen LogP contribution is -2.40. The molecule has 0 radical (unpaired) electrons. The molecule has 1 aliphatic heterocycles.